The maximum Gasteiger partial charge on any atom is 0.275 e. The molecule has 2 rings (SSSR count). The lowest BCUT2D eigenvalue weighted by atomic mass is 10.0. The molecule has 2 N–H and O–H groups in total. The molecule has 1 aromatic carbocycles. The van der Waals surface area contributed by atoms with E-state index in [1.807, 2.05) is 18.2 Å². The summed E-state index contributed by atoms with van der Waals surface area (Å²) in [5.41, 5.74) is 3.42. The number of hydrogen-bond acceptors (Lipinski definition) is 5. The molecule has 1 aromatic heterocycles. The van der Waals surface area contributed by atoms with E-state index < -0.39 is 0 Å². The van der Waals surface area contributed by atoms with Gasteiger partial charge in [0.05, 0.1) is 19.0 Å². The van der Waals surface area contributed by atoms with Crippen LogP contribution in [0.25, 0.3) is 0 Å². The van der Waals surface area contributed by atoms with Crippen LogP contribution in [0.1, 0.15) is 35.5 Å². The highest BCUT2D eigenvalue weighted by molar-refractivity contribution is 6.03. The van der Waals surface area contributed by atoms with Crippen LogP contribution in [0.4, 0.5) is 11.5 Å². The van der Waals surface area contributed by atoms with Crippen molar-refractivity contribution in [2.24, 2.45) is 0 Å². The van der Waals surface area contributed by atoms with E-state index in [0.29, 0.717) is 24.7 Å². The first-order valence-electron chi connectivity index (χ1n) is 8.16. The van der Waals surface area contributed by atoms with E-state index in [1.165, 1.54) is 6.20 Å². The molecule has 6 nitrogen and oxygen atoms in total. The maximum atomic E-state index is 12.5. The molecule has 0 aliphatic rings. The lowest BCUT2D eigenvalue weighted by Crippen LogP contribution is -2.17. The molecule has 0 saturated carbocycles. The molecule has 24 heavy (non-hydrogen) atoms. The second kappa shape index (κ2) is 8.98. The number of anilines is 2. The van der Waals surface area contributed by atoms with E-state index in [0.717, 1.165) is 29.7 Å². The zero-order valence-corrected chi connectivity index (χ0v) is 14.4. The quantitative estimate of drug-likeness (QED) is 0.729. The Labute approximate surface area is 142 Å². The van der Waals surface area contributed by atoms with Gasteiger partial charge in [-0.15, -0.1) is 0 Å². The number of aryl methyl sites for hydroxylation is 2. The maximum absolute atomic E-state index is 12.5. The summed E-state index contributed by atoms with van der Waals surface area (Å²) in [6.45, 7) is 5.37. The third-order valence-corrected chi connectivity index (χ3v) is 3.73. The number of aromatic nitrogens is 2. The first-order chi connectivity index (χ1) is 11.7. The first kappa shape index (κ1) is 17.9. The number of benzene rings is 1. The second-order valence-electron chi connectivity index (χ2n) is 5.32. The van der Waals surface area contributed by atoms with Gasteiger partial charge in [-0.1, -0.05) is 32.0 Å². The zero-order chi connectivity index (χ0) is 17.4. The number of nitrogens with zero attached hydrogens (tertiary/aromatic N) is 2. The van der Waals surface area contributed by atoms with Crippen LogP contribution < -0.4 is 10.6 Å². The van der Waals surface area contributed by atoms with Gasteiger partial charge in [0.25, 0.3) is 5.91 Å². The van der Waals surface area contributed by atoms with E-state index >= 15 is 0 Å². The summed E-state index contributed by atoms with van der Waals surface area (Å²) in [5, 5.41) is 6.05. The van der Waals surface area contributed by atoms with Gasteiger partial charge in [0.15, 0.2) is 0 Å². The van der Waals surface area contributed by atoms with Gasteiger partial charge in [-0.2, -0.15) is 0 Å². The van der Waals surface area contributed by atoms with Gasteiger partial charge >= 0.3 is 0 Å². The lowest BCUT2D eigenvalue weighted by molar-refractivity contribution is 0.102. The van der Waals surface area contributed by atoms with Crippen molar-refractivity contribution in [2.45, 2.75) is 26.7 Å². The normalized spacial score (nSPS) is 10.5. The topological polar surface area (TPSA) is 76.1 Å². The van der Waals surface area contributed by atoms with Crippen LogP contribution >= 0.6 is 0 Å². The van der Waals surface area contributed by atoms with Crippen molar-refractivity contribution < 1.29 is 9.53 Å². The highest BCUT2D eigenvalue weighted by Crippen LogP contribution is 2.23. The van der Waals surface area contributed by atoms with Crippen molar-refractivity contribution in [3.8, 4) is 0 Å². The Balaban J connectivity index is 2.10. The minimum atomic E-state index is -0.249. The average Bonchev–Trinajstić information content (AvgIpc) is 2.62. The molecule has 0 radical (unpaired) electrons. The summed E-state index contributed by atoms with van der Waals surface area (Å²) in [6.07, 6.45) is 4.75. The van der Waals surface area contributed by atoms with Crippen molar-refractivity contribution in [3.63, 3.8) is 0 Å². The summed E-state index contributed by atoms with van der Waals surface area (Å²) in [7, 11) is 1.64. The number of para-hydroxylation sites is 1. The van der Waals surface area contributed by atoms with Gasteiger partial charge < -0.3 is 15.4 Å². The average molecular weight is 328 g/mol. The number of nitrogens with one attached hydrogen (secondary N) is 2. The molecule has 2 aromatic rings. The summed E-state index contributed by atoms with van der Waals surface area (Å²) in [6, 6.07) is 6.08. The minimum Gasteiger partial charge on any atom is -0.383 e. The second-order valence-corrected chi connectivity index (χ2v) is 5.32. The molecule has 1 heterocycles. The van der Waals surface area contributed by atoms with E-state index in [9.17, 15) is 4.79 Å². The predicted octanol–water partition coefficient (Wildman–Crippen LogP) is 2.91. The Morgan fingerprint density at radius 3 is 2.38 bits per heavy atom. The SMILES string of the molecule is CCc1cccc(CC)c1NC(=O)c1cnc(NCCOC)cn1. The number of amides is 1. The third-order valence-electron chi connectivity index (χ3n) is 3.73. The molecule has 0 unspecified atom stereocenters. The summed E-state index contributed by atoms with van der Waals surface area (Å²) in [5.74, 6) is 0.369. The fourth-order valence-electron chi connectivity index (χ4n) is 2.40. The lowest BCUT2D eigenvalue weighted by Gasteiger charge is -2.14. The molecule has 0 fully saturated rings. The van der Waals surface area contributed by atoms with Crippen LogP contribution in [-0.4, -0.2) is 36.1 Å². The van der Waals surface area contributed by atoms with Crippen molar-refractivity contribution in [2.75, 3.05) is 30.9 Å². The Hall–Kier alpha value is -2.47. The number of carbonyl (C=O) groups excluding carboxylic acids is 1. The van der Waals surface area contributed by atoms with Crippen LogP contribution in [0, 0.1) is 0 Å². The molecule has 1 amide bonds. The van der Waals surface area contributed by atoms with Gasteiger partial charge in [-0.05, 0) is 24.0 Å². The number of carbonyl (C=O) groups is 1. The van der Waals surface area contributed by atoms with Gasteiger partial charge in [-0.3, -0.25) is 4.79 Å². The van der Waals surface area contributed by atoms with Crippen molar-refractivity contribution in [1.82, 2.24) is 9.97 Å². The van der Waals surface area contributed by atoms with Crippen molar-refractivity contribution >= 4 is 17.4 Å². The molecular formula is C18H24N4O2. The minimum absolute atomic E-state index is 0.249. The molecule has 0 saturated heterocycles. The first-order valence-corrected chi connectivity index (χ1v) is 8.16. The van der Waals surface area contributed by atoms with Crippen molar-refractivity contribution in [1.29, 1.82) is 0 Å². The molecule has 0 aliphatic heterocycles. The van der Waals surface area contributed by atoms with Gasteiger partial charge in [0.2, 0.25) is 0 Å². The summed E-state index contributed by atoms with van der Waals surface area (Å²) >= 11 is 0. The van der Waals surface area contributed by atoms with Crippen molar-refractivity contribution in [3.05, 3.63) is 47.4 Å². The molecular weight excluding hydrogens is 304 g/mol. The molecule has 0 spiro atoms. The standard InChI is InChI=1S/C18H24N4O2/c1-4-13-7-6-8-14(5-2)17(13)22-18(23)15-11-21-16(12-20-15)19-9-10-24-3/h6-8,11-12H,4-5,9-10H2,1-3H3,(H,19,21)(H,22,23). The van der Waals surface area contributed by atoms with Crippen LogP contribution in [0.3, 0.4) is 0 Å². The molecule has 0 aliphatic carbocycles. The smallest absolute Gasteiger partial charge is 0.275 e. The Morgan fingerprint density at radius 1 is 1.12 bits per heavy atom. The van der Waals surface area contributed by atoms with E-state index in [-0.39, 0.29) is 5.91 Å². The zero-order valence-electron chi connectivity index (χ0n) is 14.4. The number of hydrogen-bond donors (Lipinski definition) is 2. The largest absolute Gasteiger partial charge is 0.383 e. The number of rotatable bonds is 8. The van der Waals surface area contributed by atoms with Gasteiger partial charge in [0, 0.05) is 19.3 Å². The number of methoxy groups -OCH3 is 1. The molecule has 128 valence electrons. The molecule has 6 heteroatoms. The highest BCUT2D eigenvalue weighted by Gasteiger charge is 2.13. The van der Waals surface area contributed by atoms with E-state index in [2.05, 4.69) is 34.4 Å². The fourth-order valence-corrected chi connectivity index (χ4v) is 2.40. The van der Waals surface area contributed by atoms with Crippen LogP contribution in [0.2, 0.25) is 0 Å². The predicted molar refractivity (Wildman–Crippen MR) is 95.5 cm³/mol. The molecule has 0 bridgehead atoms. The Morgan fingerprint density at radius 2 is 1.83 bits per heavy atom. The summed E-state index contributed by atoms with van der Waals surface area (Å²) < 4.78 is 4.96. The molecule has 0 atom stereocenters. The third kappa shape index (κ3) is 4.52. The van der Waals surface area contributed by atoms with Crippen LogP contribution in [-0.2, 0) is 17.6 Å². The van der Waals surface area contributed by atoms with Gasteiger partial charge in [-0.25, -0.2) is 9.97 Å². The Bertz CT molecular complexity index is 649. The summed E-state index contributed by atoms with van der Waals surface area (Å²) in [4.78, 5) is 20.9. The van der Waals surface area contributed by atoms with Crippen LogP contribution in [0.5, 0.6) is 0 Å². The monoisotopic (exact) mass is 328 g/mol. The highest BCUT2D eigenvalue weighted by atomic mass is 16.5. The Kier molecular flexibility index (Phi) is 6.69. The van der Waals surface area contributed by atoms with E-state index in [1.54, 1.807) is 13.3 Å². The van der Waals surface area contributed by atoms with E-state index in [4.69, 9.17) is 4.74 Å². The fraction of sp³-hybridized carbons (Fsp3) is 0.389. The van der Waals surface area contributed by atoms with Crippen LogP contribution in [0.15, 0.2) is 30.6 Å². The van der Waals surface area contributed by atoms with Gasteiger partial charge in [0.1, 0.15) is 11.5 Å². The number of ether oxygens (including phenoxy) is 1.